The van der Waals surface area contributed by atoms with E-state index >= 15 is 0 Å². The van der Waals surface area contributed by atoms with Crippen LogP contribution in [0.5, 0.6) is 0 Å². The second-order valence-electron chi connectivity index (χ2n) is 25.9. The van der Waals surface area contributed by atoms with Gasteiger partial charge in [-0.1, -0.05) is 53.2 Å². The summed E-state index contributed by atoms with van der Waals surface area (Å²) in [5, 5.41) is 172. The minimum absolute atomic E-state index is 0.0266. The summed E-state index contributed by atoms with van der Waals surface area (Å²) in [4.78, 5) is 0. The molecule has 24 heteroatoms. The summed E-state index contributed by atoms with van der Waals surface area (Å²) >= 11 is 0. The third-order valence-corrected chi connectivity index (χ3v) is 20.8. The van der Waals surface area contributed by atoms with Crippen LogP contribution in [0.1, 0.15) is 107 Å². The van der Waals surface area contributed by atoms with Crippen molar-refractivity contribution in [3.05, 3.63) is 11.6 Å². The highest BCUT2D eigenvalue weighted by Crippen LogP contribution is 2.75. The van der Waals surface area contributed by atoms with Crippen molar-refractivity contribution in [3.8, 4) is 0 Å². The molecule has 0 aromatic heterocycles. The summed E-state index contributed by atoms with van der Waals surface area (Å²) in [6, 6.07) is 0. The summed E-state index contributed by atoms with van der Waals surface area (Å²) < 4.78 is 47.3. The van der Waals surface area contributed by atoms with Crippen molar-refractivity contribution in [1.82, 2.24) is 0 Å². The second-order valence-corrected chi connectivity index (χ2v) is 25.9. The minimum atomic E-state index is -1.92. The van der Waals surface area contributed by atoms with Gasteiger partial charge in [0.15, 0.2) is 25.2 Å². The Morgan fingerprint density at radius 2 is 1.09 bits per heavy atom. The highest BCUT2D eigenvalue weighted by molar-refractivity contribution is 5.32. The zero-order chi connectivity index (χ0) is 57.5. The maximum Gasteiger partial charge on any atom is 0.187 e. The molecule has 7 fully saturated rings. The van der Waals surface area contributed by atoms with E-state index in [2.05, 4.69) is 47.6 Å². The first-order valence-electron chi connectivity index (χ1n) is 28.0. The highest BCUT2D eigenvalue weighted by Gasteiger charge is 2.70. The van der Waals surface area contributed by atoms with Crippen LogP contribution in [0.4, 0.5) is 0 Å². The molecule has 78 heavy (non-hydrogen) atoms. The molecule has 0 aromatic carbocycles. The molecule has 0 amide bonds. The van der Waals surface area contributed by atoms with E-state index in [4.69, 9.17) is 37.9 Å². The van der Waals surface area contributed by atoms with Gasteiger partial charge in [-0.15, -0.1) is 0 Å². The van der Waals surface area contributed by atoms with Crippen molar-refractivity contribution in [1.29, 1.82) is 0 Å². The predicted octanol–water partition coefficient (Wildman–Crippen LogP) is -3.23. The van der Waals surface area contributed by atoms with Crippen molar-refractivity contribution in [2.45, 2.75) is 253 Å². The van der Waals surface area contributed by atoms with E-state index in [-0.39, 0.29) is 40.9 Å². The van der Waals surface area contributed by atoms with Gasteiger partial charge in [0.1, 0.15) is 97.7 Å². The van der Waals surface area contributed by atoms with Crippen LogP contribution < -0.4 is 0 Å². The lowest BCUT2D eigenvalue weighted by Crippen LogP contribution is -2.65. The minimum Gasteiger partial charge on any atom is -0.394 e. The van der Waals surface area contributed by atoms with Crippen LogP contribution in [-0.2, 0) is 37.9 Å². The van der Waals surface area contributed by atoms with Gasteiger partial charge >= 0.3 is 0 Å². The van der Waals surface area contributed by atoms with Crippen molar-refractivity contribution in [2.75, 3.05) is 26.4 Å². The highest BCUT2D eigenvalue weighted by atomic mass is 16.8. The maximum absolute atomic E-state index is 12.6. The Bertz CT molecular complexity index is 2030. The number of allylic oxidation sites excluding steroid dienone is 1. The predicted molar refractivity (Wildman–Crippen MR) is 268 cm³/mol. The number of aliphatic hydroxyl groups excluding tert-OH is 15. The van der Waals surface area contributed by atoms with Crippen LogP contribution in [0, 0.1) is 45.3 Å². The number of aliphatic hydroxyl groups is 16. The second kappa shape index (κ2) is 23.7. The SMILES string of the molecule is C[C@H](CC[C@@H](O[C@@H]1O[C@H](CO[C@@H]2O[C@H](CO)[C@H](O)[C@H](O)[C@H]2O[C@@H]2O[C@H](CO)[C@@H](O)[C@H](O)[C@H]2O)[C@@H](O)[C@H](O)[C@H]1O)C(C)(C)O)[C@H]1CC[C@]2(C)[C@@H]3CC=C4[C@@H](CC[C@H](O[C@@H]5O[C@H](CO)[C@@H](O)[C@H](O)[C@H]5O)C4(C)C)[C@@]3(C)[C@H](O)C[C@@]12C. The van der Waals surface area contributed by atoms with Crippen LogP contribution in [-0.4, -0.2) is 255 Å². The Morgan fingerprint density at radius 1 is 0.590 bits per heavy atom. The summed E-state index contributed by atoms with van der Waals surface area (Å²) in [6.07, 6.45) is -27.3. The maximum atomic E-state index is 12.6. The number of ether oxygens (including phenoxy) is 8. The molecule has 0 radical (unpaired) electrons. The van der Waals surface area contributed by atoms with Gasteiger partial charge in [-0.3, -0.25) is 0 Å². The van der Waals surface area contributed by atoms with E-state index in [0.717, 1.165) is 19.3 Å². The number of rotatable bonds is 17. The molecule has 0 aromatic rings. The Hall–Kier alpha value is -1.22. The molecule has 30 atom stereocenters. The first kappa shape index (κ1) is 62.8. The molecule has 8 aliphatic rings. The molecule has 4 aliphatic carbocycles. The lowest BCUT2D eigenvalue weighted by molar-refractivity contribution is -0.374. The monoisotopic (exact) mass is 1120 g/mol. The van der Waals surface area contributed by atoms with Crippen LogP contribution in [0.3, 0.4) is 0 Å². The fraction of sp³-hybridized carbons (Fsp3) is 0.963. The normalized spacial score (nSPS) is 51.4. The summed E-state index contributed by atoms with van der Waals surface area (Å²) in [7, 11) is 0. The third-order valence-electron chi connectivity index (χ3n) is 20.8. The van der Waals surface area contributed by atoms with Gasteiger partial charge in [0.05, 0.1) is 50.3 Å². The zero-order valence-corrected chi connectivity index (χ0v) is 46.1. The van der Waals surface area contributed by atoms with Gasteiger partial charge in [0.2, 0.25) is 0 Å². The van der Waals surface area contributed by atoms with Crippen molar-refractivity contribution < 1.29 is 120 Å². The van der Waals surface area contributed by atoms with E-state index < -0.39 is 184 Å². The fourth-order valence-electron chi connectivity index (χ4n) is 15.6. The van der Waals surface area contributed by atoms with Gasteiger partial charge in [-0.25, -0.2) is 0 Å². The van der Waals surface area contributed by atoms with E-state index in [0.29, 0.717) is 25.7 Å². The molecule has 4 aliphatic heterocycles. The Balaban J connectivity index is 0.924. The van der Waals surface area contributed by atoms with Gasteiger partial charge < -0.3 is 120 Å². The van der Waals surface area contributed by atoms with Crippen LogP contribution >= 0.6 is 0 Å². The molecular formula is C54H92O24. The molecular weight excluding hydrogens is 1030 g/mol. The summed E-state index contributed by atoms with van der Waals surface area (Å²) in [5.74, 6) is 0.363. The van der Waals surface area contributed by atoms with Crippen molar-refractivity contribution in [2.24, 2.45) is 45.3 Å². The van der Waals surface area contributed by atoms with Crippen molar-refractivity contribution in [3.63, 3.8) is 0 Å². The van der Waals surface area contributed by atoms with Crippen LogP contribution in [0.25, 0.3) is 0 Å². The standard InChI is InChI=1S/C54H92O24/c1-22(23-15-16-52(6)30-12-10-24-25(54(30,8)31(58)17-53(23,52)7)11-14-32(50(24,2)3)76-46-42(67)38(63)34(59)26(18-55)72-46)9-13-33(51(4,5)70)77-47-43(68)40(65)37(62)29(75-47)21-71-49-45(41(66)36(61)28(20-57)74-49)78-48-44(69)39(64)35(60)27(19-56)73-48/h10,22-23,25-49,55-70H,9,11-21H2,1-8H3/t22-,23-,25-,26-,27-,28-,29-,30+,31-,32+,33-,34-,35-,36+,37-,38+,39+,40+,41+,42-,43-,44-,45-,46+,47+,48+,49-,52-,53+,54-/m1/s1. The zero-order valence-electron chi connectivity index (χ0n) is 46.1. The van der Waals surface area contributed by atoms with Crippen LogP contribution in [0.2, 0.25) is 0 Å². The Morgan fingerprint density at radius 3 is 1.64 bits per heavy atom. The molecule has 3 saturated carbocycles. The average Bonchev–Trinajstić information content (AvgIpc) is 3.90. The Labute approximate surface area is 455 Å². The third kappa shape index (κ3) is 11.0. The van der Waals surface area contributed by atoms with E-state index in [1.807, 2.05) is 0 Å². The molecule has 0 unspecified atom stereocenters. The largest absolute Gasteiger partial charge is 0.394 e. The molecule has 16 N–H and O–H groups in total. The van der Waals surface area contributed by atoms with Crippen molar-refractivity contribution >= 4 is 0 Å². The number of fused-ring (bicyclic) bond motifs is 5. The average molecular weight is 1130 g/mol. The van der Waals surface area contributed by atoms with E-state index in [1.54, 1.807) is 13.8 Å². The molecule has 0 spiro atoms. The fourth-order valence-corrected chi connectivity index (χ4v) is 15.6. The smallest absolute Gasteiger partial charge is 0.187 e. The van der Waals surface area contributed by atoms with E-state index in [9.17, 15) is 81.7 Å². The van der Waals surface area contributed by atoms with E-state index in [1.165, 1.54) is 5.57 Å². The molecule has 0 bridgehead atoms. The molecule has 4 saturated heterocycles. The summed E-state index contributed by atoms with van der Waals surface area (Å²) in [6.45, 7) is 13.5. The summed E-state index contributed by atoms with van der Waals surface area (Å²) in [5.41, 5.74) is -1.87. The van der Waals surface area contributed by atoms with Gasteiger partial charge in [-0.05, 0) is 99.7 Å². The first-order valence-corrected chi connectivity index (χ1v) is 28.0. The Kier molecular flexibility index (Phi) is 19.1. The van der Waals surface area contributed by atoms with Crippen LogP contribution in [0.15, 0.2) is 11.6 Å². The molecule has 452 valence electrons. The number of hydrogen-bond acceptors (Lipinski definition) is 24. The lowest BCUT2D eigenvalue weighted by Gasteiger charge is -2.67. The van der Waals surface area contributed by atoms with Gasteiger partial charge in [0.25, 0.3) is 0 Å². The lowest BCUT2D eigenvalue weighted by atomic mass is 9.38. The molecule has 24 nitrogen and oxygen atoms in total. The van der Waals surface area contributed by atoms with Gasteiger partial charge in [-0.2, -0.15) is 0 Å². The quantitative estimate of drug-likeness (QED) is 0.0637. The molecule has 4 heterocycles. The molecule has 8 rings (SSSR count). The first-order chi connectivity index (χ1) is 36.4. The topological polar surface area (TPSA) is 398 Å². The van der Waals surface area contributed by atoms with Gasteiger partial charge in [0, 0.05) is 10.8 Å². The number of hydrogen-bond donors (Lipinski definition) is 16.